The van der Waals surface area contributed by atoms with Gasteiger partial charge in [0.2, 0.25) is 5.75 Å². The molecule has 4 nitrogen and oxygen atoms in total. The summed E-state index contributed by atoms with van der Waals surface area (Å²) in [6.07, 6.45) is 3.83. The molecule has 2 rings (SSSR count). The second kappa shape index (κ2) is 6.19. The van der Waals surface area contributed by atoms with Crippen molar-refractivity contribution in [3.8, 4) is 17.2 Å². The van der Waals surface area contributed by atoms with E-state index in [1.165, 1.54) is 0 Å². The molecule has 0 spiro atoms. The van der Waals surface area contributed by atoms with Crippen molar-refractivity contribution in [3.63, 3.8) is 0 Å². The van der Waals surface area contributed by atoms with Crippen molar-refractivity contribution in [2.24, 2.45) is 0 Å². The predicted octanol–water partition coefficient (Wildman–Crippen LogP) is 3.78. The Bertz CT molecular complexity index is 586. The minimum absolute atomic E-state index is 0.584. The first kappa shape index (κ1) is 14.1. The van der Waals surface area contributed by atoms with Crippen LogP contribution in [-0.4, -0.2) is 21.3 Å². The van der Waals surface area contributed by atoms with Crippen LogP contribution in [0.4, 0.5) is 0 Å². The lowest BCUT2D eigenvalue weighted by Crippen LogP contribution is -1.95. The van der Waals surface area contributed by atoms with Crippen molar-refractivity contribution < 1.29 is 18.6 Å². The van der Waals surface area contributed by atoms with Gasteiger partial charge in [-0.05, 0) is 42.8 Å². The molecule has 0 unspecified atom stereocenters. The minimum atomic E-state index is 0.584. The molecule has 20 heavy (non-hydrogen) atoms. The van der Waals surface area contributed by atoms with Crippen LogP contribution in [0.3, 0.4) is 0 Å². The molecule has 0 saturated heterocycles. The zero-order valence-corrected chi connectivity index (χ0v) is 12.1. The summed E-state index contributed by atoms with van der Waals surface area (Å²) in [5.41, 5.74) is 0.938. The van der Waals surface area contributed by atoms with Crippen LogP contribution in [0.5, 0.6) is 17.2 Å². The first-order chi connectivity index (χ1) is 9.67. The van der Waals surface area contributed by atoms with Gasteiger partial charge in [-0.3, -0.25) is 0 Å². The van der Waals surface area contributed by atoms with E-state index in [1.54, 1.807) is 21.3 Å². The summed E-state index contributed by atoms with van der Waals surface area (Å²) in [6, 6.07) is 7.61. The standard InChI is InChI=1S/C16H18O4/c1-11-5-7-13(20-11)8-6-12-9-14(17-2)16(19-4)15(10-12)18-3/h5-10H,1-4H3/b8-6+. The van der Waals surface area contributed by atoms with Gasteiger partial charge < -0.3 is 18.6 Å². The first-order valence-corrected chi connectivity index (χ1v) is 6.22. The van der Waals surface area contributed by atoms with Crippen molar-refractivity contribution in [1.29, 1.82) is 0 Å². The third kappa shape index (κ3) is 2.96. The highest BCUT2D eigenvalue weighted by atomic mass is 16.5. The molecule has 0 fully saturated rings. The van der Waals surface area contributed by atoms with Crippen molar-refractivity contribution in [3.05, 3.63) is 41.3 Å². The van der Waals surface area contributed by atoms with E-state index in [-0.39, 0.29) is 0 Å². The quantitative estimate of drug-likeness (QED) is 0.832. The lowest BCUT2D eigenvalue weighted by Gasteiger charge is -2.12. The molecule has 106 valence electrons. The Labute approximate surface area is 118 Å². The Morgan fingerprint density at radius 2 is 1.55 bits per heavy atom. The zero-order valence-electron chi connectivity index (χ0n) is 12.1. The smallest absolute Gasteiger partial charge is 0.203 e. The number of methoxy groups -OCH3 is 3. The van der Waals surface area contributed by atoms with Crippen molar-refractivity contribution >= 4 is 12.2 Å². The number of hydrogen-bond donors (Lipinski definition) is 0. The number of hydrogen-bond acceptors (Lipinski definition) is 4. The fourth-order valence-electron chi connectivity index (χ4n) is 1.92. The molecule has 0 saturated carbocycles. The van der Waals surface area contributed by atoms with Gasteiger partial charge in [0.25, 0.3) is 0 Å². The van der Waals surface area contributed by atoms with Crippen LogP contribution in [0.25, 0.3) is 12.2 Å². The first-order valence-electron chi connectivity index (χ1n) is 6.22. The summed E-state index contributed by atoms with van der Waals surface area (Å²) in [6.45, 7) is 1.91. The molecular formula is C16H18O4. The largest absolute Gasteiger partial charge is 0.493 e. The Balaban J connectivity index is 2.34. The summed E-state index contributed by atoms with van der Waals surface area (Å²) < 4.78 is 21.4. The van der Waals surface area contributed by atoms with Gasteiger partial charge in [-0.1, -0.05) is 6.08 Å². The van der Waals surface area contributed by atoms with E-state index in [2.05, 4.69) is 0 Å². The number of ether oxygens (including phenoxy) is 3. The number of aryl methyl sites for hydroxylation is 1. The van der Waals surface area contributed by atoms with E-state index in [0.717, 1.165) is 17.1 Å². The molecule has 2 aromatic rings. The van der Waals surface area contributed by atoms with E-state index in [1.807, 2.05) is 43.3 Å². The van der Waals surface area contributed by atoms with Gasteiger partial charge in [-0.15, -0.1) is 0 Å². The van der Waals surface area contributed by atoms with Gasteiger partial charge in [0, 0.05) is 0 Å². The summed E-state index contributed by atoms with van der Waals surface area (Å²) in [7, 11) is 4.78. The molecule has 0 amide bonds. The molecule has 1 aromatic carbocycles. The summed E-state index contributed by atoms with van der Waals surface area (Å²) in [5, 5.41) is 0. The third-order valence-electron chi connectivity index (χ3n) is 2.89. The van der Waals surface area contributed by atoms with Gasteiger partial charge in [-0.2, -0.15) is 0 Å². The third-order valence-corrected chi connectivity index (χ3v) is 2.89. The molecule has 0 radical (unpaired) electrons. The second-order valence-corrected chi connectivity index (χ2v) is 4.24. The fraction of sp³-hybridized carbons (Fsp3) is 0.250. The van der Waals surface area contributed by atoms with Crippen LogP contribution >= 0.6 is 0 Å². The molecule has 0 aliphatic heterocycles. The van der Waals surface area contributed by atoms with E-state index in [9.17, 15) is 0 Å². The van der Waals surface area contributed by atoms with E-state index >= 15 is 0 Å². The SMILES string of the molecule is COc1cc(/C=C/c2ccc(C)o2)cc(OC)c1OC. The second-order valence-electron chi connectivity index (χ2n) is 4.24. The highest BCUT2D eigenvalue weighted by molar-refractivity contribution is 5.71. The van der Waals surface area contributed by atoms with Crippen LogP contribution in [0.15, 0.2) is 28.7 Å². The highest BCUT2D eigenvalue weighted by Gasteiger charge is 2.11. The van der Waals surface area contributed by atoms with Gasteiger partial charge in [-0.25, -0.2) is 0 Å². The highest BCUT2D eigenvalue weighted by Crippen LogP contribution is 2.38. The fourth-order valence-corrected chi connectivity index (χ4v) is 1.92. The van der Waals surface area contributed by atoms with Gasteiger partial charge >= 0.3 is 0 Å². The Morgan fingerprint density at radius 3 is 2.00 bits per heavy atom. The molecule has 0 bridgehead atoms. The van der Waals surface area contributed by atoms with Gasteiger partial charge in [0.1, 0.15) is 11.5 Å². The summed E-state index contributed by atoms with van der Waals surface area (Å²) in [4.78, 5) is 0. The number of rotatable bonds is 5. The van der Waals surface area contributed by atoms with E-state index in [4.69, 9.17) is 18.6 Å². The maximum atomic E-state index is 5.49. The number of furan rings is 1. The molecular weight excluding hydrogens is 256 g/mol. The van der Waals surface area contributed by atoms with Gasteiger partial charge in [0.05, 0.1) is 21.3 Å². The lowest BCUT2D eigenvalue weighted by molar-refractivity contribution is 0.324. The molecule has 1 heterocycles. The van der Waals surface area contributed by atoms with Crippen molar-refractivity contribution in [1.82, 2.24) is 0 Å². The topological polar surface area (TPSA) is 40.8 Å². The van der Waals surface area contributed by atoms with Crippen LogP contribution in [0.1, 0.15) is 17.1 Å². The monoisotopic (exact) mass is 274 g/mol. The molecule has 0 N–H and O–H groups in total. The van der Waals surface area contributed by atoms with Crippen LogP contribution in [-0.2, 0) is 0 Å². The zero-order chi connectivity index (χ0) is 14.5. The Morgan fingerprint density at radius 1 is 0.900 bits per heavy atom. The normalized spacial score (nSPS) is 10.8. The molecule has 0 aliphatic carbocycles. The minimum Gasteiger partial charge on any atom is -0.493 e. The molecule has 4 heteroatoms. The van der Waals surface area contributed by atoms with Crippen LogP contribution < -0.4 is 14.2 Å². The Kier molecular flexibility index (Phi) is 4.35. The maximum absolute atomic E-state index is 5.49. The average Bonchev–Trinajstić information content (AvgIpc) is 2.89. The van der Waals surface area contributed by atoms with Crippen molar-refractivity contribution in [2.75, 3.05) is 21.3 Å². The van der Waals surface area contributed by atoms with Crippen molar-refractivity contribution in [2.45, 2.75) is 6.92 Å². The van der Waals surface area contributed by atoms with Gasteiger partial charge in [0.15, 0.2) is 11.5 Å². The predicted molar refractivity (Wildman–Crippen MR) is 78.5 cm³/mol. The van der Waals surface area contributed by atoms with Crippen LogP contribution in [0, 0.1) is 6.92 Å². The Hall–Kier alpha value is -2.36. The molecule has 1 aromatic heterocycles. The average molecular weight is 274 g/mol. The van der Waals surface area contributed by atoms with Crippen LogP contribution in [0.2, 0.25) is 0 Å². The summed E-state index contributed by atoms with van der Waals surface area (Å²) >= 11 is 0. The molecule has 0 aliphatic rings. The lowest BCUT2D eigenvalue weighted by atomic mass is 10.1. The summed E-state index contributed by atoms with van der Waals surface area (Å²) in [5.74, 6) is 3.52. The van der Waals surface area contributed by atoms with E-state index < -0.39 is 0 Å². The molecule has 0 atom stereocenters. The van der Waals surface area contributed by atoms with E-state index in [0.29, 0.717) is 17.2 Å². The maximum Gasteiger partial charge on any atom is 0.203 e. The number of benzene rings is 1.